The Morgan fingerprint density at radius 1 is 1.40 bits per heavy atom. The average molecular weight is 337 g/mol. The maximum absolute atomic E-state index is 12.1. The van der Waals surface area contributed by atoms with Crippen molar-refractivity contribution < 1.29 is 13.2 Å². The van der Waals surface area contributed by atoms with Crippen LogP contribution in [0.4, 0.5) is 0 Å². The SMILES string of the molecule is C[C@@H](SC(=S)N1CCCC1)C(=O)N[C@H]1CCS(=O)(=O)C1. The number of rotatable bonds is 3. The van der Waals surface area contributed by atoms with Gasteiger partial charge in [0.15, 0.2) is 9.84 Å². The molecule has 0 aromatic carbocycles. The van der Waals surface area contributed by atoms with Gasteiger partial charge in [-0.25, -0.2) is 8.42 Å². The van der Waals surface area contributed by atoms with E-state index < -0.39 is 9.84 Å². The Balaban J connectivity index is 1.78. The van der Waals surface area contributed by atoms with E-state index in [-0.39, 0.29) is 28.7 Å². The summed E-state index contributed by atoms with van der Waals surface area (Å²) in [5.41, 5.74) is 0. The number of likely N-dealkylation sites (tertiary alicyclic amines) is 1. The molecule has 0 aliphatic carbocycles. The van der Waals surface area contributed by atoms with Gasteiger partial charge in [-0.1, -0.05) is 24.0 Å². The molecule has 2 atom stereocenters. The summed E-state index contributed by atoms with van der Waals surface area (Å²) in [7, 11) is -2.96. The molecule has 1 N–H and O–H groups in total. The Morgan fingerprint density at radius 2 is 2.05 bits per heavy atom. The summed E-state index contributed by atoms with van der Waals surface area (Å²) in [6, 6.07) is -0.240. The van der Waals surface area contributed by atoms with Crippen molar-refractivity contribution in [2.75, 3.05) is 24.6 Å². The maximum atomic E-state index is 12.1. The van der Waals surface area contributed by atoms with E-state index in [1.807, 2.05) is 6.92 Å². The van der Waals surface area contributed by atoms with Crippen LogP contribution < -0.4 is 5.32 Å². The van der Waals surface area contributed by atoms with Crippen molar-refractivity contribution in [2.24, 2.45) is 0 Å². The first kappa shape index (κ1) is 16.0. The minimum atomic E-state index is -2.96. The first-order valence-electron chi connectivity index (χ1n) is 6.84. The molecule has 0 saturated carbocycles. The molecule has 20 heavy (non-hydrogen) atoms. The molecule has 2 rings (SSSR count). The molecular formula is C12H20N2O3S3. The summed E-state index contributed by atoms with van der Waals surface area (Å²) in [5, 5.41) is 2.53. The summed E-state index contributed by atoms with van der Waals surface area (Å²) >= 11 is 6.73. The fraction of sp³-hybridized carbons (Fsp3) is 0.833. The summed E-state index contributed by atoms with van der Waals surface area (Å²) in [5.74, 6) is 0.108. The van der Waals surface area contributed by atoms with Crippen molar-refractivity contribution in [3.05, 3.63) is 0 Å². The Bertz CT molecular complexity index is 486. The normalized spacial score (nSPS) is 26.4. The Labute approximate surface area is 129 Å². The largest absolute Gasteiger partial charge is 0.358 e. The molecule has 2 fully saturated rings. The molecule has 0 unspecified atom stereocenters. The number of thioether (sulfide) groups is 1. The lowest BCUT2D eigenvalue weighted by molar-refractivity contribution is -0.120. The molecule has 2 aliphatic rings. The first-order valence-corrected chi connectivity index (χ1v) is 9.95. The van der Waals surface area contributed by atoms with Gasteiger partial charge >= 0.3 is 0 Å². The second-order valence-electron chi connectivity index (χ2n) is 5.33. The number of sulfone groups is 1. The fourth-order valence-corrected chi connectivity index (χ4v) is 5.50. The second kappa shape index (κ2) is 6.62. The zero-order chi connectivity index (χ0) is 14.8. The van der Waals surface area contributed by atoms with Gasteiger partial charge < -0.3 is 10.2 Å². The van der Waals surface area contributed by atoms with Gasteiger partial charge in [0.1, 0.15) is 4.32 Å². The molecule has 2 aliphatic heterocycles. The van der Waals surface area contributed by atoms with Crippen LogP contribution in [0.3, 0.4) is 0 Å². The molecule has 0 radical (unpaired) electrons. The average Bonchev–Trinajstić information content (AvgIpc) is 2.98. The van der Waals surface area contributed by atoms with Crippen LogP contribution in [0.25, 0.3) is 0 Å². The molecular weight excluding hydrogens is 316 g/mol. The zero-order valence-electron chi connectivity index (χ0n) is 11.5. The number of carbonyl (C=O) groups is 1. The minimum absolute atomic E-state index is 0.0622. The van der Waals surface area contributed by atoms with Gasteiger partial charge in [-0.2, -0.15) is 0 Å². The van der Waals surface area contributed by atoms with E-state index in [9.17, 15) is 13.2 Å². The van der Waals surface area contributed by atoms with Crippen molar-refractivity contribution >= 4 is 44.0 Å². The van der Waals surface area contributed by atoms with Crippen molar-refractivity contribution in [3.63, 3.8) is 0 Å². The third-order valence-electron chi connectivity index (χ3n) is 3.59. The first-order chi connectivity index (χ1) is 9.37. The molecule has 0 spiro atoms. The number of nitrogens with zero attached hydrogens (tertiary/aromatic N) is 1. The molecule has 5 nitrogen and oxygen atoms in total. The second-order valence-corrected chi connectivity index (χ2v) is 9.53. The summed E-state index contributed by atoms with van der Waals surface area (Å²) in [6.45, 7) is 3.76. The number of hydrogen-bond donors (Lipinski definition) is 1. The van der Waals surface area contributed by atoms with Gasteiger partial charge in [0.05, 0.1) is 16.8 Å². The van der Waals surface area contributed by atoms with Crippen molar-refractivity contribution in [1.29, 1.82) is 0 Å². The van der Waals surface area contributed by atoms with Gasteiger partial charge in [0, 0.05) is 19.1 Å². The van der Waals surface area contributed by atoms with Gasteiger partial charge in [-0.05, 0) is 26.2 Å². The smallest absolute Gasteiger partial charge is 0.233 e. The molecule has 2 saturated heterocycles. The van der Waals surface area contributed by atoms with Crippen LogP contribution in [0.1, 0.15) is 26.2 Å². The van der Waals surface area contributed by atoms with Gasteiger partial charge in [0.25, 0.3) is 0 Å². The Kier molecular flexibility index (Phi) is 5.30. The highest BCUT2D eigenvalue weighted by Crippen LogP contribution is 2.21. The van der Waals surface area contributed by atoms with E-state index in [1.54, 1.807) is 0 Å². The van der Waals surface area contributed by atoms with E-state index in [4.69, 9.17) is 12.2 Å². The number of thiocarbonyl (C=S) groups is 1. The molecule has 0 bridgehead atoms. The van der Waals surface area contributed by atoms with E-state index in [1.165, 1.54) is 11.8 Å². The van der Waals surface area contributed by atoms with Crippen LogP contribution in [-0.4, -0.2) is 59.4 Å². The molecule has 0 aromatic rings. The topological polar surface area (TPSA) is 66.5 Å². The third-order valence-corrected chi connectivity index (χ3v) is 6.93. The fourth-order valence-electron chi connectivity index (χ4n) is 2.41. The van der Waals surface area contributed by atoms with Gasteiger partial charge in [-0.15, -0.1) is 0 Å². The Morgan fingerprint density at radius 3 is 2.60 bits per heavy atom. The van der Waals surface area contributed by atoms with E-state index in [0.29, 0.717) is 6.42 Å². The third kappa shape index (κ3) is 4.33. The molecule has 8 heteroatoms. The van der Waals surface area contributed by atoms with Gasteiger partial charge in [0.2, 0.25) is 5.91 Å². The number of amides is 1. The van der Waals surface area contributed by atoms with Crippen LogP contribution in [-0.2, 0) is 14.6 Å². The summed E-state index contributed by atoms with van der Waals surface area (Å²) in [4.78, 5) is 14.2. The van der Waals surface area contributed by atoms with Crippen LogP contribution in [0.15, 0.2) is 0 Å². The number of nitrogens with one attached hydrogen (secondary N) is 1. The molecule has 2 heterocycles. The predicted molar refractivity (Wildman–Crippen MR) is 85.7 cm³/mol. The summed E-state index contributed by atoms with van der Waals surface area (Å²) in [6.07, 6.45) is 2.82. The quantitative estimate of drug-likeness (QED) is 0.769. The lowest BCUT2D eigenvalue weighted by Gasteiger charge is -2.21. The van der Waals surface area contributed by atoms with Crippen molar-refractivity contribution in [2.45, 2.75) is 37.5 Å². The number of carbonyl (C=O) groups excluding carboxylic acids is 1. The van der Waals surface area contributed by atoms with E-state index >= 15 is 0 Å². The minimum Gasteiger partial charge on any atom is -0.358 e. The van der Waals surface area contributed by atoms with Gasteiger partial charge in [-0.3, -0.25) is 4.79 Å². The van der Waals surface area contributed by atoms with Crippen LogP contribution in [0.5, 0.6) is 0 Å². The van der Waals surface area contributed by atoms with Crippen molar-refractivity contribution in [1.82, 2.24) is 10.2 Å². The van der Waals surface area contributed by atoms with Crippen LogP contribution in [0, 0.1) is 0 Å². The maximum Gasteiger partial charge on any atom is 0.233 e. The highest BCUT2D eigenvalue weighted by atomic mass is 32.2. The van der Waals surface area contributed by atoms with Crippen molar-refractivity contribution in [3.8, 4) is 0 Å². The number of hydrogen-bond acceptors (Lipinski definition) is 5. The standard InChI is InChI=1S/C12H20N2O3S3/c1-9(19-12(18)14-5-2-3-6-14)11(15)13-10-4-7-20(16,17)8-10/h9-10H,2-8H2,1H3,(H,13,15)/t9-,10+/m1/s1. The van der Waals surface area contributed by atoms with E-state index in [2.05, 4.69) is 10.2 Å². The molecule has 0 aromatic heterocycles. The zero-order valence-corrected chi connectivity index (χ0v) is 14.0. The van der Waals surface area contributed by atoms with Crippen LogP contribution >= 0.6 is 24.0 Å². The summed E-state index contributed by atoms with van der Waals surface area (Å²) < 4.78 is 23.5. The lowest BCUT2D eigenvalue weighted by atomic mass is 10.2. The predicted octanol–water partition coefficient (Wildman–Crippen LogP) is 0.792. The van der Waals surface area contributed by atoms with Crippen LogP contribution in [0.2, 0.25) is 0 Å². The highest BCUT2D eigenvalue weighted by molar-refractivity contribution is 8.23. The monoisotopic (exact) mass is 336 g/mol. The molecule has 114 valence electrons. The molecule has 1 amide bonds. The highest BCUT2D eigenvalue weighted by Gasteiger charge is 2.30. The lowest BCUT2D eigenvalue weighted by Crippen LogP contribution is -2.40. The Hall–Kier alpha value is -0.340. The van der Waals surface area contributed by atoms with E-state index in [0.717, 1.165) is 30.3 Å².